The van der Waals surface area contributed by atoms with Crippen molar-refractivity contribution in [3.63, 3.8) is 0 Å². The van der Waals surface area contributed by atoms with E-state index in [-0.39, 0.29) is 11.8 Å². The molecule has 0 radical (unpaired) electrons. The van der Waals surface area contributed by atoms with Crippen LogP contribution in [0.5, 0.6) is 5.75 Å². The van der Waals surface area contributed by atoms with E-state index < -0.39 is 18.1 Å². The second-order valence-electron chi connectivity index (χ2n) is 9.69. The first kappa shape index (κ1) is 25.0. The Kier molecular flexibility index (Phi) is 7.85. The average molecular weight is 499 g/mol. The topological polar surface area (TPSA) is 59.1 Å². The SMILES string of the molecule is CCCCCCCCOc1ccc([C@H]2[C@H]3C(=O)N(c4ccccc4)C(=O)[C@H]3ON2c2ccccc2)cc1. The Morgan fingerprint density at radius 3 is 2.03 bits per heavy atom. The number of ether oxygens (including phenoxy) is 1. The number of unbranched alkanes of at least 4 members (excludes halogenated alkanes) is 5. The third-order valence-electron chi connectivity index (χ3n) is 7.13. The molecule has 2 fully saturated rings. The number of fused-ring (bicyclic) bond motifs is 1. The van der Waals surface area contributed by atoms with E-state index in [0.29, 0.717) is 12.3 Å². The van der Waals surface area contributed by atoms with Crippen LogP contribution in [0.15, 0.2) is 84.9 Å². The summed E-state index contributed by atoms with van der Waals surface area (Å²) in [6, 6.07) is 26.1. The summed E-state index contributed by atoms with van der Waals surface area (Å²) >= 11 is 0. The molecule has 5 rings (SSSR count). The second-order valence-corrected chi connectivity index (χ2v) is 9.69. The highest BCUT2D eigenvalue weighted by atomic mass is 16.7. The molecule has 0 bridgehead atoms. The van der Waals surface area contributed by atoms with Gasteiger partial charge in [0.15, 0.2) is 6.10 Å². The van der Waals surface area contributed by atoms with Crippen molar-refractivity contribution in [2.24, 2.45) is 5.92 Å². The van der Waals surface area contributed by atoms with Crippen LogP contribution >= 0.6 is 0 Å². The van der Waals surface area contributed by atoms with Crippen LogP contribution in [0.4, 0.5) is 11.4 Å². The minimum absolute atomic E-state index is 0.243. The number of carbonyl (C=O) groups excluding carboxylic acids is 2. The largest absolute Gasteiger partial charge is 0.494 e. The van der Waals surface area contributed by atoms with Crippen LogP contribution in [0.1, 0.15) is 57.1 Å². The van der Waals surface area contributed by atoms with Crippen LogP contribution in [0, 0.1) is 5.92 Å². The van der Waals surface area contributed by atoms with Gasteiger partial charge in [-0.1, -0.05) is 87.6 Å². The fourth-order valence-electron chi connectivity index (χ4n) is 5.22. The number of benzene rings is 3. The molecule has 37 heavy (non-hydrogen) atoms. The first-order valence-corrected chi connectivity index (χ1v) is 13.4. The third-order valence-corrected chi connectivity index (χ3v) is 7.13. The van der Waals surface area contributed by atoms with Gasteiger partial charge < -0.3 is 4.74 Å². The first-order chi connectivity index (χ1) is 18.2. The van der Waals surface area contributed by atoms with Gasteiger partial charge in [0.2, 0.25) is 5.91 Å². The van der Waals surface area contributed by atoms with Gasteiger partial charge in [-0.3, -0.25) is 14.4 Å². The van der Waals surface area contributed by atoms with Gasteiger partial charge in [-0.25, -0.2) is 9.96 Å². The monoisotopic (exact) mass is 498 g/mol. The molecule has 3 aromatic carbocycles. The average Bonchev–Trinajstić information content (AvgIpc) is 3.45. The van der Waals surface area contributed by atoms with E-state index >= 15 is 0 Å². The highest BCUT2D eigenvalue weighted by Crippen LogP contribution is 2.47. The summed E-state index contributed by atoms with van der Waals surface area (Å²) < 4.78 is 5.97. The predicted octanol–water partition coefficient (Wildman–Crippen LogP) is 6.48. The fourth-order valence-corrected chi connectivity index (χ4v) is 5.22. The molecule has 0 aromatic heterocycles. The van der Waals surface area contributed by atoms with E-state index in [0.717, 1.165) is 23.4 Å². The maximum Gasteiger partial charge on any atom is 0.266 e. The van der Waals surface area contributed by atoms with E-state index in [1.54, 1.807) is 17.2 Å². The van der Waals surface area contributed by atoms with Crippen molar-refractivity contribution in [2.75, 3.05) is 16.6 Å². The van der Waals surface area contributed by atoms with E-state index in [9.17, 15) is 9.59 Å². The van der Waals surface area contributed by atoms with Gasteiger partial charge in [0, 0.05) is 0 Å². The molecule has 2 aliphatic heterocycles. The maximum absolute atomic E-state index is 13.7. The summed E-state index contributed by atoms with van der Waals surface area (Å²) in [4.78, 5) is 34.5. The number of amides is 2. The summed E-state index contributed by atoms with van der Waals surface area (Å²) in [5.74, 6) is -0.418. The number of para-hydroxylation sites is 2. The normalized spacial score (nSPS) is 20.9. The molecule has 2 heterocycles. The zero-order valence-electron chi connectivity index (χ0n) is 21.3. The molecule has 0 N–H and O–H groups in total. The number of anilines is 2. The van der Waals surface area contributed by atoms with Gasteiger partial charge >= 0.3 is 0 Å². The van der Waals surface area contributed by atoms with Crippen LogP contribution in [0.2, 0.25) is 0 Å². The van der Waals surface area contributed by atoms with E-state index in [4.69, 9.17) is 9.57 Å². The van der Waals surface area contributed by atoms with Crippen molar-refractivity contribution >= 4 is 23.2 Å². The van der Waals surface area contributed by atoms with Crippen molar-refractivity contribution < 1.29 is 19.2 Å². The lowest BCUT2D eigenvalue weighted by atomic mass is 9.90. The van der Waals surface area contributed by atoms with Gasteiger partial charge in [-0.05, 0) is 48.4 Å². The van der Waals surface area contributed by atoms with Crippen molar-refractivity contribution in [3.05, 3.63) is 90.5 Å². The predicted molar refractivity (Wildman–Crippen MR) is 144 cm³/mol. The van der Waals surface area contributed by atoms with Crippen molar-refractivity contribution in [1.82, 2.24) is 0 Å². The summed E-state index contributed by atoms with van der Waals surface area (Å²) in [6.45, 7) is 2.92. The zero-order valence-corrected chi connectivity index (χ0v) is 21.3. The van der Waals surface area contributed by atoms with Crippen LogP contribution in [-0.4, -0.2) is 24.5 Å². The van der Waals surface area contributed by atoms with Crippen molar-refractivity contribution in [2.45, 2.75) is 57.6 Å². The minimum Gasteiger partial charge on any atom is -0.494 e. The van der Waals surface area contributed by atoms with Crippen LogP contribution in [-0.2, 0) is 14.4 Å². The van der Waals surface area contributed by atoms with Crippen molar-refractivity contribution in [3.8, 4) is 5.75 Å². The Bertz CT molecular complexity index is 1180. The standard InChI is InChI=1S/C31H34N2O4/c1-2-3-4-5-6-13-22-36-26-20-18-23(19-21-26)28-27-29(37-33(28)25-16-11-8-12-17-25)31(35)32(30(27)34)24-14-9-7-10-15-24/h7-12,14-21,27-29H,2-6,13,22H2,1H3/t27-,28+,29+/m1/s1. The van der Waals surface area contributed by atoms with E-state index in [1.807, 2.05) is 72.8 Å². The smallest absolute Gasteiger partial charge is 0.266 e. The molecular formula is C31H34N2O4. The number of rotatable bonds is 11. The van der Waals surface area contributed by atoms with E-state index in [1.165, 1.54) is 37.0 Å². The van der Waals surface area contributed by atoms with Crippen LogP contribution in [0.3, 0.4) is 0 Å². The lowest BCUT2D eigenvalue weighted by Crippen LogP contribution is -2.37. The summed E-state index contributed by atoms with van der Waals surface area (Å²) in [5.41, 5.74) is 2.27. The molecule has 3 atom stereocenters. The molecule has 2 saturated heterocycles. The molecule has 0 spiro atoms. The van der Waals surface area contributed by atoms with Gasteiger partial charge in [-0.15, -0.1) is 0 Å². The molecule has 6 nitrogen and oxygen atoms in total. The lowest BCUT2D eigenvalue weighted by molar-refractivity contribution is -0.126. The summed E-state index contributed by atoms with van der Waals surface area (Å²) in [6.07, 6.45) is 6.44. The van der Waals surface area contributed by atoms with Gasteiger partial charge in [0.05, 0.1) is 24.0 Å². The Hall–Kier alpha value is -3.64. The van der Waals surface area contributed by atoms with Crippen molar-refractivity contribution in [1.29, 1.82) is 0 Å². The Balaban J connectivity index is 1.34. The molecule has 2 aliphatic rings. The minimum atomic E-state index is -0.874. The van der Waals surface area contributed by atoms with Gasteiger partial charge in [-0.2, -0.15) is 0 Å². The van der Waals surface area contributed by atoms with Crippen LogP contribution in [0.25, 0.3) is 0 Å². The van der Waals surface area contributed by atoms with Crippen LogP contribution < -0.4 is 14.7 Å². The summed E-state index contributed by atoms with van der Waals surface area (Å²) in [7, 11) is 0. The number of nitrogens with zero attached hydrogens (tertiary/aromatic N) is 2. The second kappa shape index (κ2) is 11.6. The van der Waals surface area contributed by atoms with Gasteiger partial charge in [0.1, 0.15) is 11.7 Å². The summed E-state index contributed by atoms with van der Waals surface area (Å²) in [5, 5.41) is 1.72. The number of carbonyl (C=O) groups is 2. The molecule has 0 aliphatic carbocycles. The first-order valence-electron chi connectivity index (χ1n) is 13.4. The van der Waals surface area contributed by atoms with Gasteiger partial charge in [0.25, 0.3) is 5.91 Å². The molecule has 0 saturated carbocycles. The number of hydrogen-bond acceptors (Lipinski definition) is 5. The Morgan fingerprint density at radius 1 is 0.730 bits per heavy atom. The quantitative estimate of drug-likeness (QED) is 0.224. The lowest BCUT2D eigenvalue weighted by Gasteiger charge is -2.28. The Morgan fingerprint density at radius 2 is 1.35 bits per heavy atom. The number of imide groups is 1. The van der Waals surface area contributed by atoms with E-state index in [2.05, 4.69) is 6.92 Å². The maximum atomic E-state index is 13.7. The number of hydroxylamine groups is 1. The molecule has 2 amide bonds. The molecule has 0 unspecified atom stereocenters. The highest BCUT2D eigenvalue weighted by Gasteiger charge is 2.60. The molecule has 192 valence electrons. The Labute approximate surface area is 218 Å². The molecular weight excluding hydrogens is 464 g/mol. The third kappa shape index (κ3) is 5.25. The zero-order chi connectivity index (χ0) is 25.6. The fraction of sp³-hybridized carbons (Fsp3) is 0.355. The molecule has 3 aromatic rings. The molecule has 6 heteroatoms. The number of hydrogen-bond donors (Lipinski definition) is 0. The highest BCUT2D eigenvalue weighted by molar-refractivity contribution is 6.23.